The third-order valence-electron chi connectivity index (χ3n) is 9.64. The van der Waals surface area contributed by atoms with Gasteiger partial charge in [-0.25, -0.2) is 0 Å². The molecule has 0 aromatic heterocycles. The molecule has 8 atom stereocenters. The van der Waals surface area contributed by atoms with Gasteiger partial charge in [-0.15, -0.1) is 0 Å². The fraction of sp³-hybridized carbons (Fsp3) is 0.875. The Labute approximate surface area is 303 Å². The minimum atomic E-state index is -1.61. The normalized spacial score (nSPS) is 23.1. The molecule has 1 aliphatic rings. The van der Waals surface area contributed by atoms with Gasteiger partial charge in [-0.2, -0.15) is 0 Å². The molecule has 1 saturated heterocycles. The predicted octanol–water partition coefficient (Wildman–Crippen LogP) is 6.13. The van der Waals surface area contributed by atoms with E-state index in [0.29, 0.717) is 19.3 Å². The van der Waals surface area contributed by atoms with E-state index in [-0.39, 0.29) is 6.61 Å². The number of nitrogens with one attached hydrogen (secondary N) is 1. The fourth-order valence-corrected chi connectivity index (χ4v) is 6.24. The van der Waals surface area contributed by atoms with Gasteiger partial charge < -0.3 is 45.4 Å². The van der Waals surface area contributed by atoms with E-state index in [9.17, 15) is 35.4 Å². The summed E-state index contributed by atoms with van der Waals surface area (Å²) >= 11 is 0. The summed E-state index contributed by atoms with van der Waals surface area (Å²) < 4.78 is 11.1. The molecule has 0 aromatic carbocycles. The zero-order valence-electron chi connectivity index (χ0n) is 31.5. The summed E-state index contributed by atoms with van der Waals surface area (Å²) in [6, 6.07) is -0.990. The number of hydrogen-bond acceptors (Lipinski definition) is 9. The maximum Gasteiger partial charge on any atom is 0.249 e. The monoisotopic (exact) mass is 714 g/mol. The van der Waals surface area contributed by atoms with Crippen LogP contribution >= 0.6 is 0 Å². The van der Waals surface area contributed by atoms with Crippen molar-refractivity contribution < 1.29 is 44.9 Å². The molecule has 0 aromatic rings. The van der Waals surface area contributed by atoms with Crippen LogP contribution in [0, 0.1) is 0 Å². The van der Waals surface area contributed by atoms with Crippen LogP contribution in [0.5, 0.6) is 0 Å². The number of hydrogen-bond donors (Lipinski definition) is 7. The van der Waals surface area contributed by atoms with Gasteiger partial charge >= 0.3 is 0 Å². The Bertz CT molecular complexity index is 855. The lowest BCUT2D eigenvalue weighted by Gasteiger charge is -2.40. The second kappa shape index (κ2) is 31.2. The van der Waals surface area contributed by atoms with Crippen LogP contribution in [0.15, 0.2) is 24.3 Å². The van der Waals surface area contributed by atoms with E-state index in [1.165, 1.54) is 96.3 Å². The van der Waals surface area contributed by atoms with Crippen molar-refractivity contribution in [2.24, 2.45) is 0 Å². The molecule has 7 N–H and O–H groups in total. The van der Waals surface area contributed by atoms with Gasteiger partial charge in [-0.05, 0) is 32.1 Å². The third-order valence-corrected chi connectivity index (χ3v) is 9.64. The Morgan fingerprint density at radius 1 is 0.680 bits per heavy atom. The van der Waals surface area contributed by atoms with Gasteiger partial charge in [0.1, 0.15) is 30.5 Å². The van der Waals surface area contributed by atoms with Crippen LogP contribution in [-0.2, 0) is 14.3 Å². The molecule has 0 bridgehead atoms. The summed E-state index contributed by atoms with van der Waals surface area (Å²) in [6.45, 7) is 3.54. The molecule has 0 aliphatic carbocycles. The van der Waals surface area contributed by atoms with Crippen molar-refractivity contribution in [2.75, 3.05) is 13.2 Å². The molecule has 1 amide bonds. The first kappa shape index (κ1) is 46.7. The minimum Gasteiger partial charge on any atom is -0.394 e. The Morgan fingerprint density at radius 2 is 1.18 bits per heavy atom. The highest BCUT2D eigenvalue weighted by Crippen LogP contribution is 2.22. The molecular formula is C40H75NO9. The third kappa shape index (κ3) is 21.9. The second-order valence-electron chi connectivity index (χ2n) is 14.2. The molecule has 1 rings (SSSR count). The Morgan fingerprint density at radius 3 is 1.74 bits per heavy atom. The van der Waals surface area contributed by atoms with Gasteiger partial charge in [0.25, 0.3) is 0 Å². The number of carbonyl (C=O) groups is 1. The van der Waals surface area contributed by atoms with Crippen molar-refractivity contribution in [3.8, 4) is 0 Å². The first-order valence-corrected chi connectivity index (χ1v) is 20.2. The van der Waals surface area contributed by atoms with Crippen molar-refractivity contribution >= 4 is 5.91 Å². The molecule has 0 radical (unpaired) electrons. The lowest BCUT2D eigenvalue weighted by atomic mass is 9.99. The summed E-state index contributed by atoms with van der Waals surface area (Å²) in [5.74, 6) is -0.628. The highest BCUT2D eigenvalue weighted by molar-refractivity contribution is 5.80. The number of ether oxygens (including phenoxy) is 2. The maximum absolute atomic E-state index is 12.9. The molecule has 1 aliphatic heterocycles. The van der Waals surface area contributed by atoms with Gasteiger partial charge in [-0.3, -0.25) is 4.79 Å². The number of unbranched alkanes of at least 4 members (excludes halogenated alkanes) is 19. The number of aliphatic hydroxyl groups is 6. The Hall–Kier alpha value is -1.37. The summed E-state index contributed by atoms with van der Waals surface area (Å²) in [7, 11) is 0. The van der Waals surface area contributed by atoms with E-state index in [4.69, 9.17) is 9.47 Å². The summed E-state index contributed by atoms with van der Waals surface area (Å²) in [5, 5.41) is 64.3. The van der Waals surface area contributed by atoms with Crippen molar-refractivity contribution in [1.82, 2.24) is 5.32 Å². The van der Waals surface area contributed by atoms with E-state index < -0.39 is 61.5 Å². The lowest BCUT2D eigenvalue weighted by Crippen LogP contribution is -2.60. The molecule has 50 heavy (non-hydrogen) atoms. The van der Waals surface area contributed by atoms with Crippen molar-refractivity contribution in [3.63, 3.8) is 0 Å². The number of amides is 1. The maximum atomic E-state index is 12.9. The lowest BCUT2D eigenvalue weighted by molar-refractivity contribution is -0.302. The highest BCUT2D eigenvalue weighted by Gasteiger charge is 2.44. The number of aliphatic hydroxyl groups excluding tert-OH is 6. The van der Waals surface area contributed by atoms with Crippen LogP contribution in [0.25, 0.3) is 0 Å². The van der Waals surface area contributed by atoms with Crippen molar-refractivity contribution in [3.05, 3.63) is 24.3 Å². The van der Waals surface area contributed by atoms with E-state index in [2.05, 4.69) is 31.3 Å². The first-order chi connectivity index (χ1) is 24.3. The van der Waals surface area contributed by atoms with Gasteiger partial charge in [0.2, 0.25) is 5.91 Å². The summed E-state index contributed by atoms with van der Waals surface area (Å²) in [4.78, 5) is 12.9. The number of allylic oxidation sites excluding steroid dienone is 3. The van der Waals surface area contributed by atoms with Crippen LogP contribution in [0.1, 0.15) is 162 Å². The number of rotatable bonds is 32. The first-order valence-electron chi connectivity index (χ1n) is 20.2. The van der Waals surface area contributed by atoms with Crippen molar-refractivity contribution in [2.45, 2.75) is 210 Å². The largest absolute Gasteiger partial charge is 0.394 e. The zero-order valence-corrected chi connectivity index (χ0v) is 31.5. The van der Waals surface area contributed by atoms with Crippen LogP contribution < -0.4 is 5.32 Å². The topological polar surface area (TPSA) is 169 Å². The minimum absolute atomic E-state index is 0.306. The Balaban J connectivity index is 2.54. The van der Waals surface area contributed by atoms with E-state index >= 15 is 0 Å². The molecule has 0 saturated carbocycles. The summed E-state index contributed by atoms with van der Waals surface area (Å²) in [5.41, 5.74) is 0. The highest BCUT2D eigenvalue weighted by atomic mass is 16.7. The fourth-order valence-electron chi connectivity index (χ4n) is 6.24. The van der Waals surface area contributed by atoms with E-state index in [1.807, 2.05) is 6.08 Å². The van der Waals surface area contributed by atoms with Gasteiger partial charge in [0, 0.05) is 0 Å². The average Bonchev–Trinajstić information content (AvgIpc) is 3.11. The summed E-state index contributed by atoms with van der Waals surface area (Å²) in [6.07, 6.45) is 24.1. The van der Waals surface area contributed by atoms with Gasteiger partial charge in [0.05, 0.1) is 25.4 Å². The molecule has 10 nitrogen and oxygen atoms in total. The smallest absolute Gasteiger partial charge is 0.249 e. The van der Waals surface area contributed by atoms with Crippen LogP contribution in [-0.4, -0.2) is 98.7 Å². The molecular weight excluding hydrogens is 638 g/mol. The van der Waals surface area contributed by atoms with Crippen LogP contribution in [0.4, 0.5) is 0 Å². The SMILES string of the molecule is CCCCCCCCC/C=C/CC/C=C/[C@H](O)[C@@H](CO[C@@H]1O[C@H](CO)[C@@H](O)[C@H](O)[C@H]1O)NC(=O)[C@H](O)CCCCCCCCCCCCCC. The zero-order chi connectivity index (χ0) is 36.8. The molecule has 294 valence electrons. The second-order valence-corrected chi connectivity index (χ2v) is 14.2. The molecule has 0 spiro atoms. The Kier molecular flexibility index (Phi) is 29.1. The van der Waals surface area contributed by atoms with E-state index in [1.54, 1.807) is 6.08 Å². The molecule has 1 heterocycles. The predicted molar refractivity (Wildman–Crippen MR) is 199 cm³/mol. The molecule has 10 heteroatoms. The van der Waals surface area contributed by atoms with Crippen molar-refractivity contribution in [1.29, 1.82) is 0 Å². The molecule has 0 unspecified atom stereocenters. The van der Waals surface area contributed by atoms with Gasteiger partial charge in [0.15, 0.2) is 6.29 Å². The molecule has 1 fully saturated rings. The van der Waals surface area contributed by atoms with Crippen LogP contribution in [0.3, 0.4) is 0 Å². The number of carbonyl (C=O) groups excluding carboxylic acids is 1. The average molecular weight is 714 g/mol. The van der Waals surface area contributed by atoms with Crippen LogP contribution in [0.2, 0.25) is 0 Å². The van der Waals surface area contributed by atoms with Gasteiger partial charge in [-0.1, -0.05) is 154 Å². The van der Waals surface area contributed by atoms with E-state index in [0.717, 1.165) is 32.1 Å². The standard InChI is InChI=1S/C40H75NO9/c1-3-5-7-9-11-13-15-17-19-20-22-24-26-28-33(43)32(31-49-40-38(47)37(46)36(45)35(30-42)50-40)41-39(48)34(44)29-27-25-23-21-18-16-14-12-10-8-6-4-2/h19-20,26,28,32-38,40,42-47H,3-18,21-25,27,29-31H2,1-2H3,(H,41,48)/b20-19+,28-26+/t32-,33+,34-,35-,36-,37+,38-,40-/m1/s1. The quantitative estimate of drug-likeness (QED) is 0.0320.